The lowest BCUT2D eigenvalue weighted by Crippen LogP contribution is -3.12. The summed E-state index contributed by atoms with van der Waals surface area (Å²) in [6, 6.07) is 9.77. The maximum Gasteiger partial charge on any atom is 0.282 e. The van der Waals surface area contributed by atoms with E-state index in [9.17, 15) is 4.79 Å². The van der Waals surface area contributed by atoms with E-state index in [1.807, 2.05) is 46.0 Å². The Bertz CT molecular complexity index is 794. The Morgan fingerprint density at radius 2 is 1.74 bits per heavy atom. The first-order valence-corrected chi connectivity index (χ1v) is 9.19. The molecule has 1 unspecified atom stereocenters. The number of anilines is 1. The zero-order valence-corrected chi connectivity index (χ0v) is 17.4. The molecule has 0 aliphatic rings. The highest BCUT2D eigenvalue weighted by Crippen LogP contribution is 2.30. The highest BCUT2D eigenvalue weighted by atomic mass is 16.5. The minimum absolute atomic E-state index is 0.00409. The number of hydrogen-bond donors (Lipinski definition) is 2. The van der Waals surface area contributed by atoms with Gasteiger partial charge >= 0.3 is 0 Å². The summed E-state index contributed by atoms with van der Waals surface area (Å²) in [5.74, 6) is 1.42. The second-order valence-corrected chi connectivity index (χ2v) is 7.16. The molecular weight excluding hydrogens is 340 g/mol. The monoisotopic (exact) mass is 371 g/mol. The summed E-state index contributed by atoms with van der Waals surface area (Å²) in [5.41, 5.74) is 5.28. The van der Waals surface area contributed by atoms with Crippen molar-refractivity contribution in [1.82, 2.24) is 0 Å². The Hall–Kier alpha value is -2.53. The van der Waals surface area contributed by atoms with Gasteiger partial charge in [-0.05, 0) is 51.0 Å². The Morgan fingerprint density at radius 3 is 2.30 bits per heavy atom. The first-order valence-electron chi connectivity index (χ1n) is 9.19. The lowest BCUT2D eigenvalue weighted by atomic mass is 10.0. The molecule has 5 heteroatoms. The number of likely N-dealkylation sites (N-methyl/N-ethyl adjacent to an activating group) is 1. The fourth-order valence-corrected chi connectivity index (χ4v) is 3.38. The molecule has 0 radical (unpaired) electrons. The number of para-hydroxylation sites is 1. The largest absolute Gasteiger partial charge is 0.493 e. The highest BCUT2D eigenvalue weighted by molar-refractivity contribution is 5.95. The van der Waals surface area contributed by atoms with Crippen molar-refractivity contribution in [2.24, 2.45) is 0 Å². The van der Waals surface area contributed by atoms with Crippen molar-refractivity contribution >= 4 is 11.6 Å². The molecule has 1 amide bonds. The lowest BCUT2D eigenvalue weighted by Gasteiger charge is -2.23. The summed E-state index contributed by atoms with van der Waals surface area (Å²) in [6.07, 6.45) is 0. The first-order chi connectivity index (χ1) is 12.8. The average molecular weight is 372 g/mol. The molecule has 0 saturated carbocycles. The maximum absolute atomic E-state index is 12.8. The number of quaternary nitrogens is 1. The van der Waals surface area contributed by atoms with Crippen LogP contribution >= 0.6 is 0 Å². The Labute approximate surface area is 162 Å². The molecule has 0 aromatic heterocycles. The standard InChI is InChI=1S/C22H30N2O3/c1-14-11-15(2)20(16(3)12-14)23-22(25)17(4)24(5)13-18-9-8-10-19(26-6)21(18)27-7/h8-12,17H,13H2,1-7H3,(H,23,25)/p+1/t17-/m1/s1. The van der Waals surface area contributed by atoms with Gasteiger partial charge in [-0.1, -0.05) is 23.8 Å². The van der Waals surface area contributed by atoms with Crippen LogP contribution in [-0.2, 0) is 11.3 Å². The van der Waals surface area contributed by atoms with Crippen LogP contribution in [0.5, 0.6) is 11.5 Å². The quantitative estimate of drug-likeness (QED) is 0.787. The molecule has 146 valence electrons. The molecule has 2 aromatic rings. The maximum atomic E-state index is 12.8. The molecule has 5 nitrogen and oxygen atoms in total. The zero-order chi connectivity index (χ0) is 20.1. The van der Waals surface area contributed by atoms with Gasteiger partial charge in [-0.15, -0.1) is 0 Å². The van der Waals surface area contributed by atoms with E-state index in [0.717, 1.165) is 33.0 Å². The van der Waals surface area contributed by atoms with Crippen molar-refractivity contribution in [3.05, 3.63) is 52.6 Å². The molecule has 0 fully saturated rings. The van der Waals surface area contributed by atoms with Gasteiger partial charge in [0.25, 0.3) is 5.91 Å². The summed E-state index contributed by atoms with van der Waals surface area (Å²) in [7, 11) is 5.27. The van der Waals surface area contributed by atoms with Gasteiger partial charge < -0.3 is 19.7 Å². The van der Waals surface area contributed by atoms with Crippen molar-refractivity contribution in [2.75, 3.05) is 26.6 Å². The van der Waals surface area contributed by atoms with Crippen LogP contribution in [0.15, 0.2) is 30.3 Å². The van der Waals surface area contributed by atoms with Crippen LogP contribution in [0.1, 0.15) is 29.2 Å². The van der Waals surface area contributed by atoms with E-state index >= 15 is 0 Å². The second-order valence-electron chi connectivity index (χ2n) is 7.16. The Kier molecular flexibility index (Phi) is 6.86. The fraction of sp³-hybridized carbons (Fsp3) is 0.409. The third-order valence-corrected chi connectivity index (χ3v) is 5.01. The van der Waals surface area contributed by atoms with E-state index in [1.165, 1.54) is 5.56 Å². The number of ether oxygens (including phenoxy) is 2. The average Bonchev–Trinajstić information content (AvgIpc) is 2.63. The molecule has 0 aliphatic heterocycles. The molecule has 2 rings (SSSR count). The minimum Gasteiger partial charge on any atom is -0.493 e. The van der Waals surface area contributed by atoms with Crippen LogP contribution in [0, 0.1) is 20.8 Å². The van der Waals surface area contributed by atoms with Crippen LogP contribution < -0.4 is 19.7 Å². The summed E-state index contributed by atoms with van der Waals surface area (Å²) >= 11 is 0. The minimum atomic E-state index is -0.221. The molecule has 0 heterocycles. The molecule has 2 atom stereocenters. The number of aryl methyl sites for hydroxylation is 3. The number of rotatable bonds is 7. The highest BCUT2D eigenvalue weighted by Gasteiger charge is 2.24. The van der Waals surface area contributed by atoms with Gasteiger partial charge in [-0.25, -0.2) is 0 Å². The molecule has 2 aromatic carbocycles. The van der Waals surface area contributed by atoms with Crippen LogP contribution in [0.2, 0.25) is 0 Å². The zero-order valence-electron chi connectivity index (χ0n) is 17.4. The van der Waals surface area contributed by atoms with Gasteiger partial charge in [-0.3, -0.25) is 4.79 Å². The second kappa shape index (κ2) is 8.91. The molecule has 0 spiro atoms. The third kappa shape index (κ3) is 4.80. The summed E-state index contributed by atoms with van der Waals surface area (Å²) in [5, 5.41) is 3.11. The van der Waals surface area contributed by atoms with E-state index in [0.29, 0.717) is 12.3 Å². The predicted octanol–water partition coefficient (Wildman–Crippen LogP) is 2.67. The SMILES string of the molecule is COc1cccc(C[NH+](C)[C@H](C)C(=O)Nc2c(C)cc(C)cc2C)c1OC. The van der Waals surface area contributed by atoms with E-state index in [-0.39, 0.29) is 11.9 Å². The summed E-state index contributed by atoms with van der Waals surface area (Å²) in [4.78, 5) is 13.9. The number of methoxy groups -OCH3 is 2. The van der Waals surface area contributed by atoms with Gasteiger partial charge in [0.05, 0.1) is 26.8 Å². The molecule has 27 heavy (non-hydrogen) atoms. The van der Waals surface area contributed by atoms with Crippen molar-refractivity contribution in [1.29, 1.82) is 0 Å². The Balaban J connectivity index is 2.14. The third-order valence-electron chi connectivity index (χ3n) is 5.01. The number of carbonyl (C=O) groups is 1. The van der Waals surface area contributed by atoms with Crippen molar-refractivity contribution < 1.29 is 19.2 Å². The number of carbonyl (C=O) groups excluding carboxylic acids is 1. The lowest BCUT2D eigenvalue weighted by molar-refractivity contribution is -0.907. The summed E-state index contributed by atoms with van der Waals surface area (Å²) in [6.45, 7) is 8.71. The van der Waals surface area contributed by atoms with E-state index in [1.54, 1.807) is 14.2 Å². The van der Waals surface area contributed by atoms with Gasteiger partial charge in [0.1, 0.15) is 6.54 Å². The normalized spacial score (nSPS) is 13.0. The predicted molar refractivity (Wildman–Crippen MR) is 109 cm³/mol. The topological polar surface area (TPSA) is 52.0 Å². The Morgan fingerprint density at radius 1 is 1.11 bits per heavy atom. The smallest absolute Gasteiger partial charge is 0.282 e. The van der Waals surface area contributed by atoms with Crippen molar-refractivity contribution in [3.8, 4) is 11.5 Å². The van der Waals surface area contributed by atoms with Gasteiger partial charge in [0.15, 0.2) is 17.5 Å². The molecule has 0 aliphatic carbocycles. The van der Waals surface area contributed by atoms with Crippen LogP contribution in [-0.4, -0.2) is 33.2 Å². The molecular formula is C22H31N2O3+. The van der Waals surface area contributed by atoms with Gasteiger partial charge in [0.2, 0.25) is 0 Å². The van der Waals surface area contributed by atoms with Crippen molar-refractivity contribution in [2.45, 2.75) is 40.3 Å². The van der Waals surface area contributed by atoms with Crippen LogP contribution in [0.3, 0.4) is 0 Å². The molecule has 2 N–H and O–H groups in total. The summed E-state index contributed by atoms with van der Waals surface area (Å²) < 4.78 is 10.9. The molecule has 0 bridgehead atoms. The van der Waals surface area contributed by atoms with E-state index < -0.39 is 0 Å². The number of amides is 1. The van der Waals surface area contributed by atoms with Gasteiger partial charge in [0, 0.05) is 5.69 Å². The van der Waals surface area contributed by atoms with E-state index in [2.05, 4.69) is 24.4 Å². The van der Waals surface area contributed by atoms with E-state index in [4.69, 9.17) is 9.47 Å². The number of hydrogen-bond acceptors (Lipinski definition) is 3. The number of nitrogens with one attached hydrogen (secondary N) is 2. The van der Waals surface area contributed by atoms with Crippen LogP contribution in [0.4, 0.5) is 5.69 Å². The van der Waals surface area contributed by atoms with Gasteiger partial charge in [-0.2, -0.15) is 0 Å². The molecule has 0 saturated heterocycles. The number of benzene rings is 2. The van der Waals surface area contributed by atoms with Crippen molar-refractivity contribution in [3.63, 3.8) is 0 Å². The van der Waals surface area contributed by atoms with Crippen LogP contribution in [0.25, 0.3) is 0 Å². The first kappa shape index (κ1) is 20.8. The fourth-order valence-electron chi connectivity index (χ4n) is 3.38.